The molecule has 0 spiro atoms. The topological polar surface area (TPSA) is 69.4 Å². The minimum atomic E-state index is -0.785. The number of amides is 1. The molecule has 0 fully saturated rings. The first-order valence-electron chi connectivity index (χ1n) is 3.95. The van der Waals surface area contributed by atoms with Crippen LogP contribution in [0.1, 0.15) is 6.92 Å². The van der Waals surface area contributed by atoms with Crippen LogP contribution < -0.4 is 5.73 Å². The van der Waals surface area contributed by atoms with Crippen LogP contribution in [0.2, 0.25) is 0 Å². The number of carbonyl (C=O) groups excluding carboxylic acids is 2. The molecule has 2 atom stereocenters. The van der Waals surface area contributed by atoms with Gasteiger partial charge in [-0.25, -0.2) is 0 Å². The maximum absolute atomic E-state index is 11.1. The third-order valence-corrected chi connectivity index (χ3v) is 2.43. The maximum Gasteiger partial charge on any atom is 0.248 e. The zero-order valence-electron chi connectivity index (χ0n) is 7.11. The van der Waals surface area contributed by atoms with Gasteiger partial charge in [0.2, 0.25) is 5.91 Å². The summed E-state index contributed by atoms with van der Waals surface area (Å²) in [6.07, 6.45) is 3.77. The molecule has 2 N–H and O–H groups in total. The molecule has 1 amide bonds. The molecule has 0 aromatic heterocycles. The van der Waals surface area contributed by atoms with E-state index in [1.807, 2.05) is 0 Å². The number of aldehydes is 1. The second-order valence-corrected chi connectivity index (χ2v) is 3.32. The third-order valence-electron chi connectivity index (χ3n) is 2.43. The molecule has 68 valence electrons. The molecule has 0 saturated heterocycles. The molecule has 0 aliphatic carbocycles. The van der Waals surface area contributed by atoms with Gasteiger partial charge in [0.1, 0.15) is 18.0 Å². The van der Waals surface area contributed by atoms with Gasteiger partial charge >= 0.3 is 0 Å². The summed E-state index contributed by atoms with van der Waals surface area (Å²) < 4.78 is 5.42. The van der Waals surface area contributed by atoms with Crippen molar-refractivity contribution in [3.8, 4) is 0 Å². The zero-order chi connectivity index (χ0) is 9.64. The van der Waals surface area contributed by atoms with Crippen LogP contribution >= 0.6 is 0 Å². The number of hydrogen-bond donors (Lipinski definition) is 1. The summed E-state index contributed by atoms with van der Waals surface area (Å²) in [5.74, 6) is -0.587. The first kappa shape index (κ1) is 8.19. The number of fused-ring (bicyclic) bond motifs is 2. The summed E-state index contributed by atoms with van der Waals surface area (Å²) in [7, 11) is 0. The lowest BCUT2D eigenvalue weighted by Gasteiger charge is -2.18. The summed E-state index contributed by atoms with van der Waals surface area (Å²) in [6.45, 7) is 1.72. The Hall–Kier alpha value is -1.42. The van der Waals surface area contributed by atoms with Crippen molar-refractivity contribution in [2.24, 2.45) is 5.73 Å². The first-order valence-corrected chi connectivity index (χ1v) is 3.95. The fourth-order valence-corrected chi connectivity index (χ4v) is 1.86. The molecular weight excluding hydrogens is 170 g/mol. The van der Waals surface area contributed by atoms with Crippen molar-refractivity contribution in [2.75, 3.05) is 0 Å². The highest BCUT2D eigenvalue weighted by atomic mass is 16.5. The molecule has 2 aliphatic heterocycles. The number of carbonyl (C=O) groups is 2. The molecule has 4 nitrogen and oxygen atoms in total. The normalized spacial score (nSPS) is 35.6. The Balaban J connectivity index is 2.56. The van der Waals surface area contributed by atoms with E-state index in [1.165, 1.54) is 0 Å². The lowest BCUT2D eigenvalue weighted by molar-refractivity contribution is -0.116. The lowest BCUT2D eigenvalue weighted by atomic mass is 9.88. The molecule has 4 heteroatoms. The van der Waals surface area contributed by atoms with Gasteiger partial charge in [-0.1, -0.05) is 6.08 Å². The van der Waals surface area contributed by atoms with Crippen LogP contribution in [0.3, 0.4) is 0 Å². The predicted octanol–water partition coefficient (Wildman–Crippen LogP) is -0.306. The van der Waals surface area contributed by atoms with Crippen LogP contribution in [-0.2, 0) is 14.3 Å². The standard InChI is InChI=1S/C9H9NO3/c1-9-3-2-6(13-9)5(4-11)7(9)8(10)12/h2-4,6H,1H3,(H2,10,12). The van der Waals surface area contributed by atoms with E-state index in [1.54, 1.807) is 19.1 Å². The first-order chi connectivity index (χ1) is 6.08. The van der Waals surface area contributed by atoms with E-state index in [0.29, 0.717) is 11.9 Å². The van der Waals surface area contributed by atoms with Gasteiger partial charge in [-0.2, -0.15) is 0 Å². The lowest BCUT2D eigenvalue weighted by Crippen LogP contribution is -2.31. The van der Waals surface area contributed by atoms with Crippen LogP contribution in [0.15, 0.2) is 23.3 Å². The Kier molecular flexibility index (Phi) is 1.44. The molecule has 2 aliphatic rings. The smallest absolute Gasteiger partial charge is 0.248 e. The molecule has 2 heterocycles. The molecule has 2 rings (SSSR count). The Morgan fingerprint density at radius 2 is 2.46 bits per heavy atom. The van der Waals surface area contributed by atoms with Crippen LogP contribution in [0, 0.1) is 0 Å². The van der Waals surface area contributed by atoms with Gasteiger partial charge in [-0.3, -0.25) is 9.59 Å². The fraction of sp³-hybridized carbons (Fsp3) is 0.333. The number of primary amides is 1. The minimum absolute atomic E-state index is 0.287. The summed E-state index contributed by atoms with van der Waals surface area (Å²) >= 11 is 0. The molecule has 0 aromatic carbocycles. The van der Waals surface area contributed by atoms with Crippen molar-refractivity contribution >= 4 is 12.2 Å². The highest BCUT2D eigenvalue weighted by molar-refractivity contribution is 6.02. The van der Waals surface area contributed by atoms with E-state index in [0.717, 1.165) is 0 Å². The van der Waals surface area contributed by atoms with E-state index >= 15 is 0 Å². The molecule has 0 saturated carbocycles. The number of rotatable bonds is 2. The number of nitrogens with two attached hydrogens (primary N) is 1. The zero-order valence-corrected chi connectivity index (χ0v) is 7.11. The predicted molar refractivity (Wildman–Crippen MR) is 44.7 cm³/mol. The van der Waals surface area contributed by atoms with Gasteiger partial charge in [-0.05, 0) is 13.0 Å². The van der Waals surface area contributed by atoms with Gasteiger partial charge in [0.05, 0.1) is 5.57 Å². The second kappa shape index (κ2) is 2.29. The summed E-state index contributed by atoms with van der Waals surface area (Å²) in [5.41, 5.74) is 5.03. The molecule has 2 unspecified atom stereocenters. The Morgan fingerprint density at radius 3 is 2.92 bits per heavy atom. The van der Waals surface area contributed by atoms with Crippen LogP contribution in [0.5, 0.6) is 0 Å². The van der Waals surface area contributed by atoms with Gasteiger partial charge in [0.15, 0.2) is 0 Å². The molecule has 0 aromatic rings. The van der Waals surface area contributed by atoms with E-state index in [4.69, 9.17) is 10.5 Å². The minimum Gasteiger partial charge on any atom is -0.366 e. The average Bonchev–Trinajstić information content (AvgIpc) is 2.55. The van der Waals surface area contributed by atoms with E-state index in [-0.39, 0.29) is 11.7 Å². The molecule has 2 bridgehead atoms. The number of ether oxygens (including phenoxy) is 1. The SMILES string of the molecule is CC12C=CC(O1)C(C=O)=C2C(N)=O. The Morgan fingerprint density at radius 1 is 1.77 bits per heavy atom. The van der Waals surface area contributed by atoms with Crippen LogP contribution in [-0.4, -0.2) is 23.9 Å². The summed E-state index contributed by atoms with van der Waals surface area (Å²) in [6, 6.07) is 0. The van der Waals surface area contributed by atoms with E-state index < -0.39 is 11.5 Å². The highest BCUT2D eigenvalue weighted by Crippen LogP contribution is 2.41. The van der Waals surface area contributed by atoms with Gasteiger partial charge in [-0.15, -0.1) is 0 Å². The quantitative estimate of drug-likeness (QED) is 0.467. The Labute approximate surface area is 75.0 Å². The van der Waals surface area contributed by atoms with Gasteiger partial charge < -0.3 is 10.5 Å². The summed E-state index contributed by atoms with van der Waals surface area (Å²) in [4.78, 5) is 21.7. The largest absolute Gasteiger partial charge is 0.366 e. The molecular formula is C9H9NO3. The third kappa shape index (κ3) is 0.890. The highest BCUT2D eigenvalue weighted by Gasteiger charge is 2.47. The van der Waals surface area contributed by atoms with Gasteiger partial charge in [0.25, 0.3) is 0 Å². The van der Waals surface area contributed by atoms with E-state index in [9.17, 15) is 9.59 Å². The number of hydrogen-bond acceptors (Lipinski definition) is 3. The van der Waals surface area contributed by atoms with Gasteiger partial charge in [0, 0.05) is 5.57 Å². The second-order valence-electron chi connectivity index (χ2n) is 3.32. The Bertz CT molecular complexity index is 356. The van der Waals surface area contributed by atoms with Crippen molar-refractivity contribution in [3.05, 3.63) is 23.3 Å². The van der Waals surface area contributed by atoms with Crippen molar-refractivity contribution < 1.29 is 14.3 Å². The molecule has 13 heavy (non-hydrogen) atoms. The van der Waals surface area contributed by atoms with Crippen molar-refractivity contribution in [1.29, 1.82) is 0 Å². The fourth-order valence-electron chi connectivity index (χ4n) is 1.86. The van der Waals surface area contributed by atoms with E-state index in [2.05, 4.69) is 0 Å². The van der Waals surface area contributed by atoms with Crippen molar-refractivity contribution in [1.82, 2.24) is 0 Å². The monoisotopic (exact) mass is 179 g/mol. The summed E-state index contributed by atoms with van der Waals surface area (Å²) in [5, 5.41) is 0. The average molecular weight is 179 g/mol. The van der Waals surface area contributed by atoms with Crippen LogP contribution in [0.4, 0.5) is 0 Å². The van der Waals surface area contributed by atoms with Crippen LogP contribution in [0.25, 0.3) is 0 Å². The maximum atomic E-state index is 11.1. The molecule has 0 radical (unpaired) electrons. The van der Waals surface area contributed by atoms with Crippen molar-refractivity contribution in [2.45, 2.75) is 18.6 Å². The van der Waals surface area contributed by atoms with Crippen molar-refractivity contribution in [3.63, 3.8) is 0 Å².